The van der Waals surface area contributed by atoms with Crippen molar-refractivity contribution >= 4 is 11.5 Å². The molecule has 0 aliphatic carbocycles. The zero-order valence-corrected chi connectivity index (χ0v) is 10.2. The molecule has 2 N–H and O–H groups in total. The normalized spacial score (nSPS) is 22.4. The maximum absolute atomic E-state index is 10.8. The van der Waals surface area contributed by atoms with Crippen molar-refractivity contribution < 1.29 is 19.7 Å². The summed E-state index contributed by atoms with van der Waals surface area (Å²) < 4.78 is 5.46. The number of rotatable bonds is 4. The molecule has 1 heterocycles. The predicted octanol–water partition coefficient (Wildman–Crippen LogP) is 2.63. The third kappa shape index (κ3) is 2.47. The van der Waals surface area contributed by atoms with Crippen LogP contribution in [0.5, 0.6) is 5.75 Å². The molecule has 96 valence electrons. The van der Waals surface area contributed by atoms with E-state index in [1.807, 2.05) is 19.1 Å². The van der Waals surface area contributed by atoms with Crippen LogP contribution in [0.2, 0.25) is 0 Å². The lowest BCUT2D eigenvalue weighted by Gasteiger charge is -2.18. The molecule has 1 aromatic carbocycles. The molecule has 2 rings (SSSR count). The molecule has 0 radical (unpaired) electrons. The average molecular weight is 248 g/mol. The molecule has 18 heavy (non-hydrogen) atoms. The second-order valence-corrected chi connectivity index (χ2v) is 4.41. The van der Waals surface area contributed by atoms with Gasteiger partial charge in [-0.1, -0.05) is 19.1 Å². The summed E-state index contributed by atoms with van der Waals surface area (Å²) in [4.78, 5) is 10.8. The molecular formula is C14H16O4. The number of carboxylic acids is 1. The van der Waals surface area contributed by atoms with Gasteiger partial charge in [-0.3, -0.25) is 4.79 Å². The molecule has 0 aromatic heterocycles. The van der Waals surface area contributed by atoms with Gasteiger partial charge in [-0.05, 0) is 24.1 Å². The first-order valence-electron chi connectivity index (χ1n) is 5.98. The van der Waals surface area contributed by atoms with Gasteiger partial charge in [0.15, 0.2) is 0 Å². The highest BCUT2D eigenvalue weighted by atomic mass is 16.5. The molecule has 0 saturated carbocycles. The molecule has 0 amide bonds. The third-order valence-electron chi connectivity index (χ3n) is 3.23. The van der Waals surface area contributed by atoms with Crippen LogP contribution < -0.4 is 0 Å². The van der Waals surface area contributed by atoms with Crippen molar-refractivity contribution in [3.63, 3.8) is 0 Å². The van der Waals surface area contributed by atoms with Gasteiger partial charge in [0.2, 0.25) is 0 Å². The first kappa shape index (κ1) is 12.5. The summed E-state index contributed by atoms with van der Waals surface area (Å²) in [5.41, 5.74) is 1.97. The Morgan fingerprint density at radius 3 is 2.56 bits per heavy atom. The minimum absolute atomic E-state index is 0.0105. The van der Waals surface area contributed by atoms with E-state index in [0.29, 0.717) is 0 Å². The Kier molecular flexibility index (Phi) is 3.55. The fourth-order valence-electron chi connectivity index (χ4n) is 2.32. The summed E-state index contributed by atoms with van der Waals surface area (Å²) >= 11 is 0. The second kappa shape index (κ2) is 5.12. The number of hydrogen-bond donors (Lipinski definition) is 2. The zero-order valence-electron chi connectivity index (χ0n) is 10.2. The Hall–Kier alpha value is -1.97. The molecular weight excluding hydrogens is 232 g/mol. The standard InChI is InChI=1S/C14H16O4/c1-2-11-12(8-18-13(11)7-14(16)17)9-3-5-10(15)6-4-9/h3-6,8,11,13,15H,2,7H2,1H3,(H,16,17). The highest BCUT2D eigenvalue weighted by Crippen LogP contribution is 2.37. The zero-order chi connectivity index (χ0) is 13.1. The number of aliphatic carboxylic acids is 1. The predicted molar refractivity (Wildman–Crippen MR) is 67.0 cm³/mol. The monoisotopic (exact) mass is 248 g/mol. The maximum Gasteiger partial charge on any atom is 0.307 e. The number of ether oxygens (including phenoxy) is 1. The number of phenols is 1. The van der Waals surface area contributed by atoms with E-state index < -0.39 is 5.97 Å². The van der Waals surface area contributed by atoms with E-state index in [9.17, 15) is 9.90 Å². The number of aromatic hydroxyl groups is 1. The summed E-state index contributed by atoms with van der Waals surface area (Å²) in [7, 11) is 0. The topological polar surface area (TPSA) is 66.8 Å². The van der Waals surface area contributed by atoms with Crippen molar-refractivity contribution in [1.29, 1.82) is 0 Å². The fraction of sp³-hybridized carbons (Fsp3) is 0.357. The minimum atomic E-state index is -0.848. The van der Waals surface area contributed by atoms with Crippen LogP contribution in [0.3, 0.4) is 0 Å². The number of benzene rings is 1. The largest absolute Gasteiger partial charge is 0.508 e. The van der Waals surface area contributed by atoms with Gasteiger partial charge >= 0.3 is 5.97 Å². The lowest BCUT2D eigenvalue weighted by Crippen LogP contribution is -2.21. The van der Waals surface area contributed by atoms with E-state index in [1.54, 1.807) is 18.4 Å². The third-order valence-corrected chi connectivity index (χ3v) is 3.23. The number of hydrogen-bond acceptors (Lipinski definition) is 3. The van der Waals surface area contributed by atoms with E-state index >= 15 is 0 Å². The molecule has 0 saturated heterocycles. The van der Waals surface area contributed by atoms with Crippen LogP contribution >= 0.6 is 0 Å². The van der Waals surface area contributed by atoms with E-state index in [1.165, 1.54) is 0 Å². The summed E-state index contributed by atoms with van der Waals surface area (Å²) in [5, 5.41) is 18.1. The Morgan fingerprint density at radius 2 is 2.00 bits per heavy atom. The quantitative estimate of drug-likeness (QED) is 0.859. The SMILES string of the molecule is CCC1C(c2ccc(O)cc2)=COC1CC(=O)O. The van der Waals surface area contributed by atoms with Gasteiger partial charge in [0.25, 0.3) is 0 Å². The van der Waals surface area contributed by atoms with Gasteiger partial charge in [-0.15, -0.1) is 0 Å². The van der Waals surface area contributed by atoms with Crippen molar-refractivity contribution in [2.45, 2.75) is 25.9 Å². The van der Waals surface area contributed by atoms with Crippen molar-refractivity contribution in [1.82, 2.24) is 0 Å². The van der Waals surface area contributed by atoms with Crippen molar-refractivity contribution in [3.8, 4) is 5.75 Å². The van der Waals surface area contributed by atoms with E-state index in [0.717, 1.165) is 17.6 Å². The van der Waals surface area contributed by atoms with Crippen molar-refractivity contribution in [2.75, 3.05) is 0 Å². The Morgan fingerprint density at radius 1 is 1.33 bits per heavy atom. The highest BCUT2D eigenvalue weighted by molar-refractivity contribution is 5.72. The van der Waals surface area contributed by atoms with Crippen LogP contribution in [-0.2, 0) is 9.53 Å². The van der Waals surface area contributed by atoms with Crippen molar-refractivity contribution in [3.05, 3.63) is 36.1 Å². The summed E-state index contributed by atoms with van der Waals surface area (Å²) in [5.74, 6) is -0.544. The molecule has 2 atom stereocenters. The second-order valence-electron chi connectivity index (χ2n) is 4.41. The number of carbonyl (C=O) groups is 1. The van der Waals surface area contributed by atoms with Gasteiger partial charge in [0.05, 0.1) is 12.7 Å². The smallest absolute Gasteiger partial charge is 0.307 e. The average Bonchev–Trinajstić information content (AvgIpc) is 2.72. The summed E-state index contributed by atoms with van der Waals surface area (Å²) in [6, 6.07) is 6.87. The lowest BCUT2D eigenvalue weighted by atomic mass is 9.87. The van der Waals surface area contributed by atoms with Gasteiger partial charge in [0, 0.05) is 11.5 Å². The van der Waals surface area contributed by atoms with Gasteiger partial charge < -0.3 is 14.9 Å². The molecule has 4 nitrogen and oxygen atoms in total. The molecule has 0 fully saturated rings. The van der Waals surface area contributed by atoms with Gasteiger partial charge in [-0.25, -0.2) is 0 Å². The summed E-state index contributed by atoms with van der Waals surface area (Å²) in [6.45, 7) is 2.02. The molecule has 0 bridgehead atoms. The molecule has 1 aliphatic heterocycles. The fourth-order valence-corrected chi connectivity index (χ4v) is 2.32. The highest BCUT2D eigenvalue weighted by Gasteiger charge is 2.32. The van der Waals surface area contributed by atoms with Crippen LogP contribution in [0, 0.1) is 5.92 Å². The maximum atomic E-state index is 10.8. The van der Waals surface area contributed by atoms with Crippen LogP contribution in [0.4, 0.5) is 0 Å². The number of phenolic OH excluding ortho intramolecular Hbond substituents is 1. The number of carboxylic acid groups (broad SMARTS) is 1. The van der Waals surface area contributed by atoms with Crippen LogP contribution in [0.1, 0.15) is 25.3 Å². The molecule has 2 unspecified atom stereocenters. The molecule has 0 spiro atoms. The van der Waals surface area contributed by atoms with E-state index in [2.05, 4.69) is 0 Å². The van der Waals surface area contributed by atoms with Crippen LogP contribution in [0.25, 0.3) is 5.57 Å². The Labute approximate surface area is 106 Å². The van der Waals surface area contributed by atoms with E-state index in [4.69, 9.17) is 9.84 Å². The Balaban J connectivity index is 2.19. The minimum Gasteiger partial charge on any atom is -0.508 e. The van der Waals surface area contributed by atoms with Crippen LogP contribution in [-0.4, -0.2) is 22.3 Å². The lowest BCUT2D eigenvalue weighted by molar-refractivity contribution is -0.139. The first-order chi connectivity index (χ1) is 8.61. The Bertz CT molecular complexity index is 461. The van der Waals surface area contributed by atoms with Gasteiger partial charge in [-0.2, -0.15) is 0 Å². The molecule has 1 aliphatic rings. The molecule has 4 heteroatoms. The van der Waals surface area contributed by atoms with E-state index in [-0.39, 0.29) is 24.2 Å². The molecule has 1 aromatic rings. The van der Waals surface area contributed by atoms with Gasteiger partial charge in [0.1, 0.15) is 11.9 Å². The summed E-state index contributed by atoms with van der Waals surface area (Å²) in [6.07, 6.45) is 2.19. The van der Waals surface area contributed by atoms with Crippen LogP contribution in [0.15, 0.2) is 30.5 Å². The van der Waals surface area contributed by atoms with Crippen molar-refractivity contribution in [2.24, 2.45) is 5.92 Å². The first-order valence-corrected chi connectivity index (χ1v) is 5.98.